The number of rotatable bonds is 6. The average molecular weight is 379 g/mol. The highest BCUT2D eigenvalue weighted by Gasteiger charge is 2.61. The highest BCUT2D eigenvalue weighted by Crippen LogP contribution is 2.59. The van der Waals surface area contributed by atoms with E-state index in [1.165, 1.54) is 0 Å². The van der Waals surface area contributed by atoms with Gasteiger partial charge in [-0.2, -0.15) is 0 Å². The number of aromatic nitrogens is 1. The maximum absolute atomic E-state index is 12.8. The van der Waals surface area contributed by atoms with Crippen molar-refractivity contribution in [3.8, 4) is 5.75 Å². The summed E-state index contributed by atoms with van der Waals surface area (Å²) in [5, 5.41) is 0. The number of hydrogen-bond acceptors (Lipinski definition) is 4. The summed E-state index contributed by atoms with van der Waals surface area (Å²) in [4.78, 5) is 33.2. The third kappa shape index (κ3) is 3.86. The maximum Gasteiger partial charge on any atom is 0.260 e. The Kier molecular flexibility index (Phi) is 5.03. The molecule has 2 atom stereocenters. The number of nitrogens with zero attached hydrogens (tertiary/aromatic N) is 3. The van der Waals surface area contributed by atoms with Crippen molar-refractivity contribution >= 4 is 11.8 Å². The van der Waals surface area contributed by atoms with Gasteiger partial charge in [-0.25, -0.2) is 0 Å². The standard InChI is InChI=1S/C22H25N3O3/c1-24(14-17-7-5-6-11-23-17)21(27)19-13-22(19)10-12-25(16-22)20(26)15-28-18-8-3-2-4-9-18/h2-9,11,19H,10,12-16H2,1H3/t19-,22+/m1/s1. The van der Waals surface area contributed by atoms with Crippen molar-refractivity contribution in [3.63, 3.8) is 0 Å². The number of ether oxygens (including phenoxy) is 1. The Balaban J connectivity index is 1.28. The quantitative estimate of drug-likeness (QED) is 0.773. The molecule has 6 nitrogen and oxygen atoms in total. The SMILES string of the molecule is CN(Cc1ccccn1)C(=O)[C@H]1C[C@]12CCN(C(=O)COc1ccccc1)C2. The molecule has 2 heterocycles. The van der Waals surface area contributed by atoms with E-state index in [0.717, 1.165) is 18.5 Å². The monoisotopic (exact) mass is 379 g/mol. The molecule has 1 aliphatic heterocycles. The summed E-state index contributed by atoms with van der Waals surface area (Å²) in [5.74, 6) is 0.843. The lowest BCUT2D eigenvalue weighted by molar-refractivity contribution is -0.134. The number of benzene rings is 1. The average Bonchev–Trinajstić information content (AvgIpc) is 3.26. The van der Waals surface area contributed by atoms with Gasteiger partial charge < -0.3 is 14.5 Å². The van der Waals surface area contributed by atoms with Crippen molar-refractivity contribution in [2.45, 2.75) is 19.4 Å². The molecule has 6 heteroatoms. The van der Waals surface area contributed by atoms with Crippen LogP contribution in [0.5, 0.6) is 5.75 Å². The molecule has 1 saturated heterocycles. The van der Waals surface area contributed by atoms with Crippen LogP contribution in [0.3, 0.4) is 0 Å². The second-order valence-corrected chi connectivity index (χ2v) is 7.80. The first kappa shape index (κ1) is 18.5. The van der Waals surface area contributed by atoms with Crippen molar-refractivity contribution in [1.29, 1.82) is 0 Å². The van der Waals surface area contributed by atoms with Gasteiger partial charge in [0.2, 0.25) is 5.91 Å². The molecule has 2 amide bonds. The van der Waals surface area contributed by atoms with Gasteiger partial charge in [0, 0.05) is 37.7 Å². The van der Waals surface area contributed by atoms with Crippen LogP contribution < -0.4 is 4.74 Å². The largest absolute Gasteiger partial charge is 0.484 e. The zero-order chi connectivity index (χ0) is 19.6. The predicted octanol–water partition coefficient (Wildman–Crippen LogP) is 2.36. The third-order valence-electron chi connectivity index (χ3n) is 5.83. The predicted molar refractivity (Wildman–Crippen MR) is 104 cm³/mol. The lowest BCUT2D eigenvalue weighted by atomic mass is 10.0. The number of carbonyl (C=O) groups excluding carboxylic acids is 2. The Bertz CT molecular complexity index is 843. The number of amides is 2. The van der Waals surface area contributed by atoms with E-state index in [1.54, 1.807) is 11.1 Å². The first-order valence-corrected chi connectivity index (χ1v) is 9.68. The summed E-state index contributed by atoms with van der Waals surface area (Å²) < 4.78 is 5.57. The van der Waals surface area contributed by atoms with Crippen LogP contribution in [0, 0.1) is 11.3 Å². The molecule has 28 heavy (non-hydrogen) atoms. The Labute approximate surface area is 165 Å². The van der Waals surface area contributed by atoms with Crippen LogP contribution in [0.2, 0.25) is 0 Å². The Hall–Kier alpha value is -2.89. The van der Waals surface area contributed by atoms with E-state index >= 15 is 0 Å². The van der Waals surface area contributed by atoms with Gasteiger partial charge in [0.1, 0.15) is 5.75 Å². The fraction of sp³-hybridized carbons (Fsp3) is 0.409. The highest BCUT2D eigenvalue weighted by molar-refractivity contribution is 5.83. The van der Waals surface area contributed by atoms with Gasteiger partial charge in [-0.1, -0.05) is 24.3 Å². The first-order valence-electron chi connectivity index (χ1n) is 9.68. The number of pyridine rings is 1. The summed E-state index contributed by atoms with van der Waals surface area (Å²) in [5.41, 5.74) is 0.840. The van der Waals surface area contributed by atoms with E-state index < -0.39 is 0 Å². The topological polar surface area (TPSA) is 62.7 Å². The molecule has 2 aromatic rings. The van der Waals surface area contributed by atoms with Crippen LogP contribution in [-0.2, 0) is 16.1 Å². The molecule has 1 aromatic carbocycles. The summed E-state index contributed by atoms with van der Waals surface area (Å²) in [6.45, 7) is 1.90. The molecule has 0 N–H and O–H groups in total. The van der Waals surface area contributed by atoms with Gasteiger partial charge in [0.25, 0.3) is 5.91 Å². The molecule has 2 aliphatic rings. The van der Waals surface area contributed by atoms with Crippen molar-refractivity contribution in [2.75, 3.05) is 26.7 Å². The van der Waals surface area contributed by atoms with Crippen LogP contribution in [0.1, 0.15) is 18.5 Å². The third-order valence-corrected chi connectivity index (χ3v) is 5.83. The van der Waals surface area contributed by atoms with E-state index in [2.05, 4.69) is 4.98 Å². The molecule has 0 radical (unpaired) electrons. The lowest BCUT2D eigenvalue weighted by Gasteiger charge is -2.19. The Morgan fingerprint density at radius 1 is 1.21 bits per heavy atom. The van der Waals surface area contributed by atoms with Crippen LogP contribution in [0.15, 0.2) is 54.7 Å². The zero-order valence-corrected chi connectivity index (χ0v) is 16.1. The van der Waals surface area contributed by atoms with Gasteiger partial charge in [0.15, 0.2) is 6.61 Å². The normalized spacial score (nSPS) is 22.9. The Morgan fingerprint density at radius 2 is 2.00 bits per heavy atom. The molecule has 1 saturated carbocycles. The van der Waals surface area contributed by atoms with Crippen molar-refractivity contribution < 1.29 is 14.3 Å². The number of likely N-dealkylation sites (tertiary alicyclic amines) is 1. The number of carbonyl (C=O) groups is 2. The lowest BCUT2D eigenvalue weighted by Crippen LogP contribution is -2.34. The molecule has 0 bridgehead atoms. The minimum atomic E-state index is -0.0438. The van der Waals surface area contributed by atoms with Crippen molar-refractivity contribution in [3.05, 3.63) is 60.4 Å². The van der Waals surface area contributed by atoms with E-state index in [1.807, 2.05) is 60.5 Å². The minimum absolute atomic E-state index is 0.00838. The van der Waals surface area contributed by atoms with Gasteiger partial charge in [-0.05, 0) is 37.1 Å². The molecule has 4 rings (SSSR count). The van der Waals surface area contributed by atoms with E-state index in [0.29, 0.717) is 25.4 Å². The van der Waals surface area contributed by atoms with E-state index in [9.17, 15) is 9.59 Å². The summed E-state index contributed by atoms with van der Waals surface area (Å²) >= 11 is 0. The Morgan fingerprint density at radius 3 is 2.75 bits per heavy atom. The van der Waals surface area contributed by atoms with Crippen molar-refractivity contribution in [2.24, 2.45) is 11.3 Å². The molecule has 0 unspecified atom stereocenters. The summed E-state index contributed by atoms with van der Waals surface area (Å²) in [6.07, 6.45) is 3.49. The van der Waals surface area contributed by atoms with Crippen LogP contribution in [-0.4, -0.2) is 53.3 Å². The zero-order valence-electron chi connectivity index (χ0n) is 16.1. The van der Waals surface area contributed by atoms with Gasteiger partial charge in [-0.15, -0.1) is 0 Å². The molecular weight excluding hydrogens is 354 g/mol. The molecule has 1 aliphatic carbocycles. The van der Waals surface area contributed by atoms with Crippen LogP contribution in [0.25, 0.3) is 0 Å². The fourth-order valence-electron chi connectivity index (χ4n) is 4.09. The minimum Gasteiger partial charge on any atom is -0.484 e. The second kappa shape index (κ2) is 7.62. The second-order valence-electron chi connectivity index (χ2n) is 7.80. The first-order chi connectivity index (χ1) is 13.6. The summed E-state index contributed by atoms with van der Waals surface area (Å²) in [6, 6.07) is 15.1. The smallest absolute Gasteiger partial charge is 0.260 e. The van der Waals surface area contributed by atoms with Gasteiger partial charge >= 0.3 is 0 Å². The number of para-hydroxylation sites is 1. The fourth-order valence-corrected chi connectivity index (χ4v) is 4.09. The molecular formula is C22H25N3O3. The number of hydrogen-bond donors (Lipinski definition) is 0. The van der Waals surface area contributed by atoms with E-state index in [-0.39, 0.29) is 29.8 Å². The maximum atomic E-state index is 12.8. The molecule has 1 spiro atoms. The van der Waals surface area contributed by atoms with Crippen LogP contribution in [0.4, 0.5) is 0 Å². The van der Waals surface area contributed by atoms with Gasteiger partial charge in [-0.3, -0.25) is 14.6 Å². The highest BCUT2D eigenvalue weighted by atomic mass is 16.5. The van der Waals surface area contributed by atoms with Crippen molar-refractivity contribution in [1.82, 2.24) is 14.8 Å². The molecule has 2 fully saturated rings. The van der Waals surface area contributed by atoms with E-state index in [4.69, 9.17) is 4.74 Å². The molecule has 146 valence electrons. The van der Waals surface area contributed by atoms with Crippen LogP contribution >= 0.6 is 0 Å². The van der Waals surface area contributed by atoms with Gasteiger partial charge in [0.05, 0.1) is 12.2 Å². The molecule has 1 aromatic heterocycles. The summed E-state index contributed by atoms with van der Waals surface area (Å²) in [7, 11) is 1.83.